The maximum Gasteiger partial charge on any atom is 0.260 e. The van der Waals surface area contributed by atoms with Crippen LogP contribution >= 0.6 is 23.2 Å². The second-order valence-electron chi connectivity index (χ2n) is 5.79. The number of carbonyl (C=O) groups excluding carboxylic acids is 1. The minimum atomic E-state index is -2.33. The van der Waals surface area contributed by atoms with E-state index in [9.17, 15) is 13.6 Å². The molecule has 1 fully saturated rings. The van der Waals surface area contributed by atoms with Crippen LogP contribution in [0.3, 0.4) is 0 Å². The van der Waals surface area contributed by atoms with Crippen LogP contribution < -0.4 is 10.1 Å². The highest BCUT2D eigenvalue weighted by Gasteiger charge is 2.25. The topological polar surface area (TPSA) is 41.6 Å². The van der Waals surface area contributed by atoms with Crippen LogP contribution in [-0.2, 0) is 4.79 Å². The molecule has 1 N–H and O–H groups in total. The molecule has 8 heteroatoms. The Hall–Kier alpha value is -1.11. The molecule has 4 nitrogen and oxygen atoms in total. The molecule has 1 aromatic rings. The normalized spacial score (nSPS) is 17.8. The van der Waals surface area contributed by atoms with Gasteiger partial charge in [-0.05, 0) is 31.9 Å². The van der Waals surface area contributed by atoms with Crippen LogP contribution in [0.15, 0.2) is 18.2 Å². The van der Waals surface area contributed by atoms with E-state index in [1.165, 1.54) is 0 Å². The first kappa shape index (κ1) is 19.2. The summed E-state index contributed by atoms with van der Waals surface area (Å²) in [7, 11) is 0. The number of ether oxygens (including phenoxy) is 1. The number of amides is 1. The molecule has 0 bridgehead atoms. The van der Waals surface area contributed by atoms with Crippen LogP contribution in [0.4, 0.5) is 8.78 Å². The summed E-state index contributed by atoms with van der Waals surface area (Å²) in [5, 5.41) is 3.51. The fourth-order valence-corrected chi connectivity index (χ4v) is 2.93. The van der Waals surface area contributed by atoms with Gasteiger partial charge in [-0.25, -0.2) is 8.78 Å². The van der Waals surface area contributed by atoms with E-state index in [0.29, 0.717) is 36.7 Å². The number of nitrogens with one attached hydrogen (secondary N) is 1. The Morgan fingerprint density at radius 3 is 2.67 bits per heavy atom. The van der Waals surface area contributed by atoms with Crippen molar-refractivity contribution >= 4 is 29.1 Å². The maximum atomic E-state index is 12.4. The molecule has 0 aromatic heterocycles. The van der Waals surface area contributed by atoms with E-state index in [2.05, 4.69) is 5.32 Å². The second kappa shape index (κ2) is 8.83. The molecule has 1 aliphatic heterocycles. The third-order valence-electron chi connectivity index (χ3n) is 3.92. The first-order valence-electron chi connectivity index (χ1n) is 7.78. The van der Waals surface area contributed by atoms with Gasteiger partial charge in [-0.1, -0.05) is 29.3 Å². The molecule has 1 unspecified atom stereocenters. The zero-order chi connectivity index (χ0) is 17.7. The van der Waals surface area contributed by atoms with Crippen LogP contribution in [0.2, 0.25) is 10.0 Å². The summed E-state index contributed by atoms with van der Waals surface area (Å²) in [6.07, 6.45) is -1.78. The van der Waals surface area contributed by atoms with E-state index in [1.54, 1.807) is 30.0 Å². The van der Waals surface area contributed by atoms with E-state index >= 15 is 0 Å². The quantitative estimate of drug-likeness (QED) is 0.819. The molecule has 0 radical (unpaired) electrons. The van der Waals surface area contributed by atoms with E-state index in [1.807, 2.05) is 0 Å². The highest BCUT2D eigenvalue weighted by atomic mass is 35.5. The lowest BCUT2D eigenvalue weighted by Crippen LogP contribution is -2.48. The Morgan fingerprint density at radius 1 is 1.38 bits per heavy atom. The molecule has 1 amide bonds. The Labute approximate surface area is 150 Å². The van der Waals surface area contributed by atoms with Gasteiger partial charge < -0.3 is 10.1 Å². The average molecular weight is 381 g/mol. The highest BCUT2D eigenvalue weighted by Crippen LogP contribution is 2.32. The number of likely N-dealkylation sites (tertiary alicyclic amines) is 1. The second-order valence-corrected chi connectivity index (χ2v) is 6.57. The smallest absolute Gasteiger partial charge is 0.260 e. The van der Waals surface area contributed by atoms with Crippen molar-refractivity contribution in [3.05, 3.63) is 28.2 Å². The first-order chi connectivity index (χ1) is 11.4. The van der Waals surface area contributed by atoms with Crippen molar-refractivity contribution in [2.75, 3.05) is 19.6 Å². The summed E-state index contributed by atoms with van der Waals surface area (Å²) in [6.45, 7) is 2.50. The van der Waals surface area contributed by atoms with Crippen LogP contribution in [0, 0.1) is 0 Å². The zero-order valence-corrected chi connectivity index (χ0v) is 14.8. The fraction of sp³-hybridized carbons (Fsp3) is 0.562. The predicted octanol–water partition coefficient (Wildman–Crippen LogP) is 3.61. The zero-order valence-electron chi connectivity index (χ0n) is 13.3. The number of hydrogen-bond acceptors (Lipinski definition) is 3. The SMILES string of the molecule is CC(Oc1cccc(Cl)c1Cl)C(=O)NC1CCN(CC(F)F)CC1. The lowest BCUT2D eigenvalue weighted by molar-refractivity contribution is -0.128. The van der Waals surface area contributed by atoms with Gasteiger partial charge in [0.2, 0.25) is 0 Å². The molecule has 134 valence electrons. The summed E-state index contributed by atoms with van der Waals surface area (Å²) in [4.78, 5) is 13.9. The number of benzene rings is 1. The monoisotopic (exact) mass is 380 g/mol. The molecule has 24 heavy (non-hydrogen) atoms. The van der Waals surface area contributed by atoms with Crippen LogP contribution in [0.25, 0.3) is 0 Å². The minimum absolute atomic E-state index is 0.0349. The molecule has 1 aromatic carbocycles. The van der Waals surface area contributed by atoms with E-state index < -0.39 is 12.5 Å². The molecule has 1 heterocycles. The first-order valence-corrected chi connectivity index (χ1v) is 8.54. The van der Waals surface area contributed by atoms with Crippen molar-refractivity contribution in [2.45, 2.75) is 38.3 Å². The van der Waals surface area contributed by atoms with Gasteiger partial charge in [0.1, 0.15) is 10.8 Å². The molecular weight excluding hydrogens is 361 g/mol. The number of carbonyl (C=O) groups is 1. The van der Waals surface area contributed by atoms with E-state index in [4.69, 9.17) is 27.9 Å². The summed E-state index contributed by atoms with van der Waals surface area (Å²) in [5.74, 6) is 0.0805. The number of rotatable bonds is 6. The lowest BCUT2D eigenvalue weighted by Gasteiger charge is -2.32. The van der Waals surface area contributed by atoms with Gasteiger partial charge in [-0.3, -0.25) is 9.69 Å². The van der Waals surface area contributed by atoms with Gasteiger partial charge in [-0.2, -0.15) is 0 Å². The maximum absolute atomic E-state index is 12.4. The van der Waals surface area contributed by atoms with Gasteiger partial charge in [0.05, 0.1) is 11.6 Å². The number of piperidine rings is 1. The number of alkyl halides is 2. The van der Waals surface area contributed by atoms with E-state index in [0.717, 1.165) is 0 Å². The van der Waals surface area contributed by atoms with Crippen molar-refractivity contribution < 1.29 is 18.3 Å². The highest BCUT2D eigenvalue weighted by molar-refractivity contribution is 6.42. The van der Waals surface area contributed by atoms with Gasteiger partial charge in [-0.15, -0.1) is 0 Å². The van der Waals surface area contributed by atoms with Crippen molar-refractivity contribution in [3.8, 4) is 5.75 Å². The van der Waals surface area contributed by atoms with E-state index in [-0.39, 0.29) is 23.5 Å². The fourth-order valence-electron chi connectivity index (χ4n) is 2.59. The lowest BCUT2D eigenvalue weighted by atomic mass is 10.0. The third kappa shape index (κ3) is 5.46. The molecule has 0 aliphatic carbocycles. The predicted molar refractivity (Wildman–Crippen MR) is 90.2 cm³/mol. The molecule has 1 atom stereocenters. The van der Waals surface area contributed by atoms with Gasteiger partial charge >= 0.3 is 0 Å². The largest absolute Gasteiger partial charge is 0.479 e. The van der Waals surface area contributed by atoms with Crippen LogP contribution in [-0.4, -0.2) is 49.0 Å². The number of hydrogen-bond donors (Lipinski definition) is 1. The Morgan fingerprint density at radius 2 is 2.04 bits per heavy atom. The summed E-state index contributed by atoms with van der Waals surface area (Å²) < 4.78 is 30.3. The summed E-state index contributed by atoms with van der Waals surface area (Å²) in [6, 6.07) is 4.93. The van der Waals surface area contributed by atoms with Gasteiger partial charge in [0, 0.05) is 19.1 Å². The van der Waals surface area contributed by atoms with Gasteiger partial charge in [0.25, 0.3) is 12.3 Å². The van der Waals surface area contributed by atoms with Crippen LogP contribution in [0.1, 0.15) is 19.8 Å². The van der Waals surface area contributed by atoms with Gasteiger partial charge in [0.15, 0.2) is 6.10 Å². The van der Waals surface area contributed by atoms with Crippen molar-refractivity contribution in [1.29, 1.82) is 0 Å². The molecule has 1 saturated heterocycles. The summed E-state index contributed by atoms with van der Waals surface area (Å²) >= 11 is 11.9. The van der Waals surface area contributed by atoms with Crippen molar-refractivity contribution in [1.82, 2.24) is 10.2 Å². The Kier molecular flexibility index (Phi) is 7.07. The number of halogens is 4. The van der Waals surface area contributed by atoms with Crippen molar-refractivity contribution in [3.63, 3.8) is 0 Å². The standard InChI is InChI=1S/C16H20Cl2F2N2O2/c1-10(24-13-4-2-3-12(17)15(13)18)16(23)21-11-5-7-22(8-6-11)9-14(19)20/h2-4,10-11,14H,5-9H2,1H3,(H,21,23). The minimum Gasteiger partial charge on any atom is -0.479 e. The Bertz CT molecular complexity index is 567. The molecule has 0 saturated carbocycles. The Balaban J connectivity index is 1.81. The molecule has 1 aliphatic rings. The number of nitrogens with zero attached hydrogens (tertiary/aromatic N) is 1. The third-order valence-corrected chi connectivity index (χ3v) is 4.72. The van der Waals surface area contributed by atoms with Crippen LogP contribution in [0.5, 0.6) is 5.75 Å². The van der Waals surface area contributed by atoms with Crippen molar-refractivity contribution in [2.24, 2.45) is 0 Å². The average Bonchev–Trinajstić information content (AvgIpc) is 2.53. The molecular formula is C16H20Cl2F2N2O2. The molecule has 2 rings (SSSR count). The summed E-state index contributed by atoms with van der Waals surface area (Å²) in [5.41, 5.74) is 0. The molecule has 0 spiro atoms.